The van der Waals surface area contributed by atoms with Gasteiger partial charge in [-0.1, -0.05) is 19.3 Å². The Hall–Kier alpha value is -1.09. The average Bonchev–Trinajstić information content (AvgIpc) is 2.49. The second-order valence-corrected chi connectivity index (χ2v) is 6.22. The Morgan fingerprint density at radius 3 is 2.53 bits per heavy atom. The van der Waals surface area contributed by atoms with E-state index in [9.17, 15) is 0 Å². The lowest BCUT2D eigenvalue weighted by Gasteiger charge is -2.45. The summed E-state index contributed by atoms with van der Waals surface area (Å²) in [7, 11) is 0. The molecule has 0 radical (unpaired) electrons. The molecule has 0 aromatic carbocycles. The lowest BCUT2D eigenvalue weighted by molar-refractivity contribution is 0.144. The van der Waals surface area contributed by atoms with Crippen LogP contribution in [-0.2, 0) is 6.54 Å². The standard InChI is InChI=1S/C16H25N3/c17-13-14-15(5-4-10-18-14)19-11-8-16(9-12-19)6-2-1-3-7-16/h4-5,10H,1-3,6-9,11-13,17H2. The molecule has 3 nitrogen and oxygen atoms in total. The highest BCUT2D eigenvalue weighted by Gasteiger charge is 2.35. The molecule has 1 aliphatic carbocycles. The van der Waals surface area contributed by atoms with Crippen LogP contribution in [0, 0.1) is 5.41 Å². The minimum absolute atomic E-state index is 0.540. The summed E-state index contributed by atoms with van der Waals surface area (Å²) in [6.07, 6.45) is 11.8. The quantitative estimate of drug-likeness (QED) is 0.887. The number of aromatic nitrogens is 1. The number of piperidine rings is 1. The lowest BCUT2D eigenvalue weighted by Crippen LogP contribution is -2.41. The van der Waals surface area contributed by atoms with E-state index in [1.54, 1.807) is 0 Å². The Morgan fingerprint density at radius 1 is 1.11 bits per heavy atom. The van der Waals surface area contributed by atoms with Crippen LogP contribution in [0.3, 0.4) is 0 Å². The number of pyridine rings is 1. The molecule has 1 aromatic rings. The molecule has 0 unspecified atom stereocenters. The Morgan fingerprint density at radius 2 is 1.84 bits per heavy atom. The van der Waals surface area contributed by atoms with Crippen LogP contribution in [-0.4, -0.2) is 18.1 Å². The van der Waals surface area contributed by atoms with Crippen LogP contribution in [0.5, 0.6) is 0 Å². The highest BCUT2D eigenvalue weighted by molar-refractivity contribution is 5.50. The molecule has 1 aromatic heterocycles. The van der Waals surface area contributed by atoms with Gasteiger partial charge in [0.25, 0.3) is 0 Å². The molecule has 19 heavy (non-hydrogen) atoms. The number of hydrogen-bond donors (Lipinski definition) is 1. The fraction of sp³-hybridized carbons (Fsp3) is 0.688. The van der Waals surface area contributed by atoms with E-state index < -0.39 is 0 Å². The third kappa shape index (κ3) is 2.62. The Kier molecular flexibility index (Phi) is 3.74. The first-order chi connectivity index (χ1) is 9.33. The molecular weight excluding hydrogens is 234 g/mol. The van der Waals surface area contributed by atoms with Gasteiger partial charge in [-0.3, -0.25) is 4.98 Å². The van der Waals surface area contributed by atoms with E-state index in [4.69, 9.17) is 5.73 Å². The van der Waals surface area contributed by atoms with Crippen molar-refractivity contribution in [2.75, 3.05) is 18.0 Å². The van der Waals surface area contributed by atoms with Gasteiger partial charge >= 0.3 is 0 Å². The molecule has 2 N–H and O–H groups in total. The van der Waals surface area contributed by atoms with Crippen molar-refractivity contribution in [1.29, 1.82) is 0 Å². The molecule has 1 saturated carbocycles. The fourth-order valence-corrected chi connectivity index (χ4v) is 3.90. The van der Waals surface area contributed by atoms with Gasteiger partial charge in [-0.25, -0.2) is 0 Å². The number of rotatable bonds is 2. The van der Waals surface area contributed by atoms with Crippen molar-refractivity contribution in [2.24, 2.45) is 11.1 Å². The molecule has 0 amide bonds. The summed E-state index contributed by atoms with van der Waals surface area (Å²) in [5.74, 6) is 0. The maximum atomic E-state index is 5.80. The second kappa shape index (κ2) is 5.49. The van der Waals surface area contributed by atoms with Crippen molar-refractivity contribution >= 4 is 5.69 Å². The largest absolute Gasteiger partial charge is 0.370 e. The zero-order chi connectivity index (χ0) is 13.1. The van der Waals surface area contributed by atoms with E-state index in [0.29, 0.717) is 12.0 Å². The van der Waals surface area contributed by atoms with Crippen molar-refractivity contribution in [3.05, 3.63) is 24.0 Å². The van der Waals surface area contributed by atoms with Crippen LogP contribution in [0.25, 0.3) is 0 Å². The molecule has 1 spiro atoms. The van der Waals surface area contributed by atoms with E-state index in [0.717, 1.165) is 5.69 Å². The molecule has 3 rings (SSSR count). The molecule has 2 aliphatic rings. The Balaban J connectivity index is 1.69. The molecule has 0 bridgehead atoms. The van der Waals surface area contributed by atoms with Crippen molar-refractivity contribution < 1.29 is 0 Å². The minimum atomic E-state index is 0.540. The van der Waals surface area contributed by atoms with Gasteiger partial charge in [0.05, 0.1) is 11.4 Å². The van der Waals surface area contributed by atoms with Gasteiger partial charge in [-0.15, -0.1) is 0 Å². The van der Waals surface area contributed by atoms with Crippen LogP contribution in [0.1, 0.15) is 50.6 Å². The highest BCUT2D eigenvalue weighted by Crippen LogP contribution is 2.45. The van der Waals surface area contributed by atoms with Crippen LogP contribution in [0.15, 0.2) is 18.3 Å². The topological polar surface area (TPSA) is 42.1 Å². The van der Waals surface area contributed by atoms with Gasteiger partial charge in [-0.05, 0) is 43.2 Å². The van der Waals surface area contributed by atoms with Gasteiger partial charge in [0.15, 0.2) is 0 Å². The van der Waals surface area contributed by atoms with E-state index >= 15 is 0 Å². The summed E-state index contributed by atoms with van der Waals surface area (Å²) >= 11 is 0. The van der Waals surface area contributed by atoms with Crippen LogP contribution < -0.4 is 10.6 Å². The van der Waals surface area contributed by atoms with Crippen molar-refractivity contribution in [1.82, 2.24) is 4.98 Å². The summed E-state index contributed by atoms with van der Waals surface area (Å²) < 4.78 is 0. The van der Waals surface area contributed by atoms with E-state index in [1.165, 1.54) is 63.7 Å². The van der Waals surface area contributed by atoms with Gasteiger partial charge in [0.2, 0.25) is 0 Å². The second-order valence-electron chi connectivity index (χ2n) is 6.22. The summed E-state index contributed by atoms with van der Waals surface area (Å²) in [6, 6.07) is 4.20. The Bertz CT molecular complexity index is 414. The number of hydrogen-bond acceptors (Lipinski definition) is 3. The summed E-state index contributed by atoms with van der Waals surface area (Å²) in [4.78, 5) is 6.90. The smallest absolute Gasteiger partial charge is 0.0772 e. The van der Waals surface area contributed by atoms with Gasteiger partial charge < -0.3 is 10.6 Å². The molecule has 3 heteroatoms. The maximum Gasteiger partial charge on any atom is 0.0772 e. The molecule has 0 atom stereocenters. The van der Waals surface area contributed by atoms with Crippen LogP contribution in [0.2, 0.25) is 0 Å². The number of nitrogens with two attached hydrogens (primary N) is 1. The van der Waals surface area contributed by atoms with Crippen molar-refractivity contribution in [3.8, 4) is 0 Å². The van der Waals surface area contributed by atoms with E-state index in [1.807, 2.05) is 12.3 Å². The SMILES string of the molecule is NCc1ncccc1N1CCC2(CCCCC2)CC1. The zero-order valence-corrected chi connectivity index (χ0v) is 11.8. The molecule has 104 valence electrons. The van der Waals surface area contributed by atoms with Gasteiger partial charge in [0.1, 0.15) is 0 Å². The van der Waals surface area contributed by atoms with Crippen LogP contribution in [0.4, 0.5) is 5.69 Å². The van der Waals surface area contributed by atoms with E-state index in [-0.39, 0.29) is 0 Å². The minimum Gasteiger partial charge on any atom is -0.370 e. The predicted octanol–water partition coefficient (Wildman–Crippen LogP) is 3.09. The first kappa shape index (κ1) is 12.9. The van der Waals surface area contributed by atoms with Crippen molar-refractivity contribution in [2.45, 2.75) is 51.5 Å². The van der Waals surface area contributed by atoms with Gasteiger partial charge in [0, 0.05) is 25.8 Å². The van der Waals surface area contributed by atoms with Crippen molar-refractivity contribution in [3.63, 3.8) is 0 Å². The highest BCUT2D eigenvalue weighted by atomic mass is 15.1. The predicted molar refractivity (Wildman–Crippen MR) is 79.1 cm³/mol. The average molecular weight is 259 g/mol. The molecule has 1 aliphatic heterocycles. The fourth-order valence-electron chi connectivity index (χ4n) is 3.90. The molecule has 2 fully saturated rings. The number of nitrogens with zero attached hydrogens (tertiary/aromatic N) is 2. The first-order valence-electron chi connectivity index (χ1n) is 7.72. The van der Waals surface area contributed by atoms with Crippen LogP contribution >= 0.6 is 0 Å². The summed E-state index contributed by atoms with van der Waals surface area (Å²) in [6.45, 7) is 2.90. The van der Waals surface area contributed by atoms with E-state index in [2.05, 4.69) is 16.0 Å². The first-order valence-corrected chi connectivity index (χ1v) is 7.72. The molecule has 1 saturated heterocycles. The third-order valence-electron chi connectivity index (χ3n) is 5.14. The molecular formula is C16H25N3. The third-order valence-corrected chi connectivity index (χ3v) is 5.14. The maximum absolute atomic E-state index is 5.80. The molecule has 2 heterocycles. The summed E-state index contributed by atoms with van der Waals surface area (Å²) in [5, 5.41) is 0. The Labute approximate surface area is 116 Å². The lowest BCUT2D eigenvalue weighted by atomic mass is 9.68. The van der Waals surface area contributed by atoms with Gasteiger partial charge in [-0.2, -0.15) is 0 Å². The zero-order valence-electron chi connectivity index (χ0n) is 11.8. The summed E-state index contributed by atoms with van der Waals surface area (Å²) in [5.41, 5.74) is 8.77. The number of anilines is 1. The monoisotopic (exact) mass is 259 g/mol. The normalized spacial score (nSPS) is 22.7.